The van der Waals surface area contributed by atoms with Crippen LogP contribution in [0.1, 0.15) is 6.92 Å². The minimum Gasteiger partial charge on any atom is -0.479 e. The van der Waals surface area contributed by atoms with Gasteiger partial charge in [0.2, 0.25) is 5.91 Å². The number of halogens is 2. The molecule has 0 aliphatic carbocycles. The van der Waals surface area contributed by atoms with Gasteiger partial charge < -0.3 is 14.7 Å². The number of carbonyl (C=O) groups excluding carboxylic acids is 1. The number of amides is 1. The molecule has 1 unspecified atom stereocenters. The fourth-order valence-corrected chi connectivity index (χ4v) is 2.92. The number of rotatable bonds is 4. The summed E-state index contributed by atoms with van der Waals surface area (Å²) in [5, 5.41) is 8.97. The van der Waals surface area contributed by atoms with Crippen LogP contribution in [0.25, 0.3) is 0 Å². The van der Waals surface area contributed by atoms with Crippen LogP contribution in [-0.4, -0.2) is 52.9 Å². The number of aliphatic carboxylic acids is 1. The van der Waals surface area contributed by atoms with Crippen molar-refractivity contribution in [3.8, 4) is 0 Å². The lowest BCUT2D eigenvalue weighted by molar-refractivity contribution is -0.165. The van der Waals surface area contributed by atoms with E-state index in [1.165, 1.54) is 11.0 Å². The van der Waals surface area contributed by atoms with Gasteiger partial charge in [-0.2, -0.15) is 0 Å². The molecule has 120 valence electrons. The van der Waals surface area contributed by atoms with E-state index in [-0.39, 0.29) is 24.3 Å². The van der Waals surface area contributed by atoms with Gasteiger partial charge in [-0.25, -0.2) is 13.6 Å². The van der Waals surface area contributed by atoms with E-state index in [4.69, 9.17) is 9.84 Å². The summed E-state index contributed by atoms with van der Waals surface area (Å²) in [6, 6.07) is 3.41. The molecule has 1 saturated heterocycles. The highest BCUT2D eigenvalue weighted by molar-refractivity contribution is 8.00. The Kier molecular flexibility index (Phi) is 5.36. The second kappa shape index (κ2) is 7.06. The number of nitrogens with zero attached hydrogens (tertiary/aromatic N) is 1. The summed E-state index contributed by atoms with van der Waals surface area (Å²) >= 11 is 1.07. The van der Waals surface area contributed by atoms with Crippen molar-refractivity contribution in [3.05, 3.63) is 29.8 Å². The van der Waals surface area contributed by atoms with Crippen molar-refractivity contribution in [1.82, 2.24) is 4.90 Å². The molecule has 1 amide bonds. The molecule has 22 heavy (non-hydrogen) atoms. The predicted molar refractivity (Wildman–Crippen MR) is 75.6 cm³/mol. The Morgan fingerprint density at radius 3 is 2.73 bits per heavy atom. The molecule has 1 heterocycles. The first-order valence-corrected chi connectivity index (χ1v) is 7.59. The number of carboxylic acid groups (broad SMARTS) is 1. The van der Waals surface area contributed by atoms with Crippen molar-refractivity contribution in [2.45, 2.75) is 24.0 Å². The highest BCUT2D eigenvalue weighted by Gasteiger charge is 2.32. The van der Waals surface area contributed by atoms with Crippen LogP contribution in [-0.2, 0) is 14.3 Å². The monoisotopic (exact) mass is 331 g/mol. The molecule has 1 N–H and O–H groups in total. The number of hydrogen-bond donors (Lipinski definition) is 1. The second-order valence-corrected chi connectivity index (χ2v) is 5.99. The van der Waals surface area contributed by atoms with Crippen LogP contribution in [0.5, 0.6) is 0 Å². The van der Waals surface area contributed by atoms with Gasteiger partial charge in [0.25, 0.3) is 0 Å². The molecular weight excluding hydrogens is 316 g/mol. The SMILES string of the molecule is C[C@@H]1CN(C(=O)CSc2ccc(F)c(F)c2)CC(C(=O)O)O1. The number of carbonyl (C=O) groups is 2. The average molecular weight is 331 g/mol. The molecule has 0 radical (unpaired) electrons. The first kappa shape index (κ1) is 16.7. The van der Waals surface area contributed by atoms with E-state index in [1.54, 1.807) is 6.92 Å². The topological polar surface area (TPSA) is 66.8 Å². The standard InChI is InChI=1S/C14H15F2NO4S/c1-8-5-17(6-12(21-8)14(19)20)13(18)7-22-9-2-3-10(15)11(16)4-9/h2-4,8,12H,5-7H2,1H3,(H,19,20)/t8-,12?/m1/s1. The van der Waals surface area contributed by atoms with Crippen LogP contribution < -0.4 is 0 Å². The Hall–Kier alpha value is -1.67. The summed E-state index contributed by atoms with van der Waals surface area (Å²) in [4.78, 5) is 24.9. The van der Waals surface area contributed by atoms with Crippen molar-refractivity contribution in [3.63, 3.8) is 0 Å². The summed E-state index contributed by atoms with van der Waals surface area (Å²) in [6.07, 6.45) is -1.41. The van der Waals surface area contributed by atoms with Crippen LogP contribution in [0.4, 0.5) is 8.78 Å². The van der Waals surface area contributed by atoms with E-state index in [0.717, 1.165) is 23.9 Å². The lowest BCUT2D eigenvalue weighted by atomic mass is 10.2. The highest BCUT2D eigenvalue weighted by atomic mass is 32.2. The van der Waals surface area contributed by atoms with Gasteiger partial charge in [0.1, 0.15) is 0 Å². The first-order chi connectivity index (χ1) is 10.4. The minimum absolute atomic E-state index is 0.0170. The molecule has 1 aliphatic rings. The van der Waals surface area contributed by atoms with Crippen LogP contribution in [0.3, 0.4) is 0 Å². The van der Waals surface area contributed by atoms with E-state index < -0.39 is 23.7 Å². The third-order valence-corrected chi connectivity index (χ3v) is 4.12. The molecule has 1 aromatic rings. The van der Waals surface area contributed by atoms with E-state index >= 15 is 0 Å². The fraction of sp³-hybridized carbons (Fsp3) is 0.429. The molecule has 1 aromatic carbocycles. The fourth-order valence-electron chi connectivity index (χ4n) is 2.09. The first-order valence-electron chi connectivity index (χ1n) is 6.60. The maximum atomic E-state index is 13.1. The van der Waals surface area contributed by atoms with Crippen molar-refractivity contribution >= 4 is 23.6 Å². The molecule has 2 rings (SSSR count). The Balaban J connectivity index is 1.93. The summed E-state index contributed by atoms with van der Waals surface area (Å²) in [7, 11) is 0. The second-order valence-electron chi connectivity index (χ2n) is 4.94. The molecule has 0 spiro atoms. The maximum Gasteiger partial charge on any atom is 0.334 e. The van der Waals surface area contributed by atoms with Gasteiger partial charge in [-0.05, 0) is 25.1 Å². The zero-order valence-corrected chi connectivity index (χ0v) is 12.6. The number of carboxylic acids is 1. The van der Waals surface area contributed by atoms with Gasteiger partial charge in [0.05, 0.1) is 18.4 Å². The van der Waals surface area contributed by atoms with Crippen molar-refractivity contribution in [1.29, 1.82) is 0 Å². The van der Waals surface area contributed by atoms with Crippen LogP contribution >= 0.6 is 11.8 Å². The number of hydrogen-bond acceptors (Lipinski definition) is 4. The van der Waals surface area contributed by atoms with E-state index in [1.807, 2.05) is 0 Å². The number of morpholine rings is 1. The van der Waals surface area contributed by atoms with Gasteiger partial charge in [-0.3, -0.25) is 4.79 Å². The van der Waals surface area contributed by atoms with Gasteiger partial charge >= 0.3 is 5.97 Å². The molecular formula is C14H15F2NO4S. The summed E-state index contributed by atoms with van der Waals surface area (Å²) in [5.41, 5.74) is 0. The van der Waals surface area contributed by atoms with E-state index in [2.05, 4.69) is 0 Å². The van der Waals surface area contributed by atoms with Gasteiger partial charge in [0.15, 0.2) is 17.7 Å². The van der Waals surface area contributed by atoms with Crippen molar-refractivity contribution < 1.29 is 28.2 Å². The Labute approximate surface area is 130 Å². The van der Waals surface area contributed by atoms with Crippen molar-refractivity contribution in [2.75, 3.05) is 18.8 Å². The van der Waals surface area contributed by atoms with Gasteiger partial charge in [-0.15, -0.1) is 11.8 Å². The van der Waals surface area contributed by atoms with Gasteiger partial charge in [0, 0.05) is 11.4 Å². The lowest BCUT2D eigenvalue weighted by Gasteiger charge is -2.34. The highest BCUT2D eigenvalue weighted by Crippen LogP contribution is 2.21. The van der Waals surface area contributed by atoms with Crippen molar-refractivity contribution in [2.24, 2.45) is 0 Å². The summed E-state index contributed by atoms with van der Waals surface area (Å²) in [6.45, 7) is 1.98. The lowest BCUT2D eigenvalue weighted by Crippen LogP contribution is -2.52. The third-order valence-electron chi connectivity index (χ3n) is 3.14. The average Bonchev–Trinajstić information content (AvgIpc) is 2.47. The van der Waals surface area contributed by atoms with Crippen LogP contribution in [0, 0.1) is 11.6 Å². The number of ether oxygens (including phenoxy) is 1. The van der Waals surface area contributed by atoms with E-state index in [9.17, 15) is 18.4 Å². The Morgan fingerprint density at radius 1 is 1.36 bits per heavy atom. The number of thioether (sulfide) groups is 1. The molecule has 0 bridgehead atoms. The Morgan fingerprint density at radius 2 is 2.09 bits per heavy atom. The zero-order valence-electron chi connectivity index (χ0n) is 11.8. The zero-order chi connectivity index (χ0) is 16.3. The molecule has 5 nitrogen and oxygen atoms in total. The summed E-state index contributed by atoms with van der Waals surface area (Å²) < 4.78 is 31.1. The minimum atomic E-state index is -1.11. The van der Waals surface area contributed by atoms with E-state index in [0.29, 0.717) is 11.4 Å². The predicted octanol–water partition coefficient (Wildman–Crippen LogP) is 1.76. The van der Waals surface area contributed by atoms with Crippen LogP contribution in [0.2, 0.25) is 0 Å². The van der Waals surface area contributed by atoms with Crippen LogP contribution in [0.15, 0.2) is 23.1 Å². The smallest absolute Gasteiger partial charge is 0.334 e. The number of benzene rings is 1. The Bertz CT molecular complexity index is 584. The normalized spacial score (nSPS) is 21.7. The largest absolute Gasteiger partial charge is 0.479 e. The van der Waals surface area contributed by atoms with Gasteiger partial charge in [-0.1, -0.05) is 0 Å². The molecule has 8 heteroatoms. The quantitative estimate of drug-likeness (QED) is 0.852. The maximum absolute atomic E-state index is 13.1. The molecule has 2 atom stereocenters. The molecule has 0 aromatic heterocycles. The summed E-state index contributed by atoms with van der Waals surface area (Å²) in [5.74, 6) is -3.27. The molecule has 0 saturated carbocycles. The molecule has 1 aliphatic heterocycles. The third kappa shape index (κ3) is 4.17. The molecule has 1 fully saturated rings.